The molecule has 8 aromatic rings. The van der Waals surface area contributed by atoms with Crippen LogP contribution in [0.2, 0.25) is 0 Å². The number of benzene rings is 5. The lowest BCUT2D eigenvalue weighted by molar-refractivity contribution is -0.432. The monoisotopic (exact) mass is 1270 g/mol. The molecule has 0 bridgehead atoms. The van der Waals surface area contributed by atoms with Crippen molar-refractivity contribution in [1.82, 2.24) is 14.4 Å². The first-order valence-corrected chi connectivity index (χ1v) is 30.1. The molecule has 0 atom stereocenters. The van der Waals surface area contributed by atoms with Crippen molar-refractivity contribution in [3.8, 4) is 23.4 Å². The third-order valence-corrected chi connectivity index (χ3v) is 16.7. The SMILES string of the molecule is COc1cc(N=Nc2c(SOOO)cc3c(S(=O)(=O)O)c(N=Nc4c(C)c(C#N)c5nc6ccccc6n5c4O)ccc3c2O)c(N(CCCSOOO)CCCS(=O)(=O)O)cc1N=Nc1nc2c(S(=O)(=O)O)cc(SOOO)cc2s1. The molecule has 0 amide bonds. The average Bonchev–Trinajstić information content (AvgIpc) is 2.32. The summed E-state index contributed by atoms with van der Waals surface area (Å²) in [4.78, 5) is 8.35. The number of hydrogen-bond acceptors (Lipinski definition) is 32. The largest absolute Gasteiger partial charge is 0.505 e. The van der Waals surface area contributed by atoms with E-state index in [1.165, 1.54) is 42.7 Å². The van der Waals surface area contributed by atoms with E-state index in [9.17, 15) is 59.6 Å². The Morgan fingerprint density at radius 2 is 1.45 bits per heavy atom. The highest BCUT2D eigenvalue weighted by atomic mass is 32.2. The van der Waals surface area contributed by atoms with Gasteiger partial charge in [-0.3, -0.25) is 18.1 Å². The molecule has 8 rings (SSSR count). The van der Waals surface area contributed by atoms with Crippen LogP contribution in [-0.2, 0) is 58.5 Å². The molecule has 32 nitrogen and oxygen atoms in total. The van der Waals surface area contributed by atoms with Crippen LogP contribution in [0.4, 0.5) is 39.3 Å². The molecule has 432 valence electrons. The summed E-state index contributed by atoms with van der Waals surface area (Å²) in [5.74, 6) is -1.97. The zero-order valence-electron chi connectivity index (χ0n) is 41.3. The van der Waals surface area contributed by atoms with Crippen molar-refractivity contribution in [3.05, 3.63) is 77.9 Å². The summed E-state index contributed by atoms with van der Waals surface area (Å²) in [6.45, 7) is 1.36. The molecule has 0 aliphatic heterocycles. The number of phenolic OH excluding ortho intramolecular Hbond substituents is 1. The minimum atomic E-state index is -5.33. The first kappa shape index (κ1) is 61.2. The van der Waals surface area contributed by atoms with E-state index in [2.05, 4.69) is 68.8 Å². The lowest BCUT2D eigenvalue weighted by atomic mass is 10.1. The highest BCUT2D eigenvalue weighted by Crippen LogP contribution is 2.49. The van der Waals surface area contributed by atoms with Crippen LogP contribution in [0.25, 0.3) is 37.7 Å². The van der Waals surface area contributed by atoms with Gasteiger partial charge in [0.2, 0.25) is 11.0 Å². The topological polar surface area (TPSA) is 460 Å². The van der Waals surface area contributed by atoms with Gasteiger partial charge in [0.05, 0.1) is 63.3 Å². The minimum absolute atomic E-state index is 0.00664. The first-order chi connectivity index (χ1) is 39.1. The maximum absolute atomic E-state index is 13.3. The van der Waals surface area contributed by atoms with Gasteiger partial charge in [0, 0.05) is 58.2 Å². The van der Waals surface area contributed by atoms with E-state index >= 15 is 0 Å². The Morgan fingerprint density at radius 3 is 2.15 bits per heavy atom. The number of phenols is 1. The summed E-state index contributed by atoms with van der Waals surface area (Å²) in [6.07, 6.45) is 0.0261. The second-order valence-electron chi connectivity index (χ2n) is 16.3. The summed E-state index contributed by atoms with van der Waals surface area (Å²) in [7, 11) is -13.5. The molecule has 0 fully saturated rings. The number of imidazole rings is 1. The summed E-state index contributed by atoms with van der Waals surface area (Å²) < 4.78 is 126. The number of nitriles is 1. The predicted molar refractivity (Wildman–Crippen MR) is 291 cm³/mol. The van der Waals surface area contributed by atoms with Crippen molar-refractivity contribution in [2.75, 3.05) is 36.6 Å². The highest BCUT2D eigenvalue weighted by molar-refractivity contribution is 7.95. The summed E-state index contributed by atoms with van der Waals surface area (Å²) in [6, 6.07) is 17.0. The number of azo groups is 3. The Hall–Kier alpha value is -6.89. The third-order valence-electron chi connectivity index (χ3n) is 11.4. The van der Waals surface area contributed by atoms with Gasteiger partial charge in [0.1, 0.15) is 55.4 Å². The Balaban J connectivity index is 1.26. The van der Waals surface area contributed by atoms with Gasteiger partial charge < -0.3 is 19.8 Å². The molecule has 0 unspecified atom stereocenters. The van der Waals surface area contributed by atoms with Crippen molar-refractivity contribution in [2.45, 2.75) is 39.3 Å². The molecule has 0 aliphatic carbocycles. The van der Waals surface area contributed by atoms with Crippen LogP contribution >= 0.6 is 47.5 Å². The highest BCUT2D eigenvalue weighted by Gasteiger charge is 2.28. The van der Waals surface area contributed by atoms with Crippen LogP contribution in [0.5, 0.6) is 17.4 Å². The first-order valence-electron chi connectivity index (χ1n) is 22.4. The standard InChI is InChI=1S/C43H37N11O21S7/c1-21-25(20-44)41-45-26-7-3-4-8-30(26)54(41)42(56)36(21)50-47-27-10-9-23-24(40(27)82(66,67)68)17-34(79-75-72-59)38(39(23)55)51-48-28-19-32(69-2)29(18-31(28)53(11-5-13-76-73-70-57)12-6-14-80(60,61)62)49-52-43-46-37-33(77-43)15-22(78-74-71-58)16-35(37)81(63,64)65/h3-4,7-10,15-19,55-59H,5-6,11-14H2,1-2H3,(H,60,61,62)(H,63,64,65)(H,66,67,68). The molecule has 5 aromatic carbocycles. The molecule has 0 spiro atoms. The lowest BCUT2D eigenvalue weighted by Crippen LogP contribution is -2.27. The Labute approximate surface area is 477 Å². The van der Waals surface area contributed by atoms with E-state index < -0.39 is 74.3 Å². The quantitative estimate of drug-likeness (QED) is 0.00623. The zero-order chi connectivity index (χ0) is 59.1. The van der Waals surface area contributed by atoms with Gasteiger partial charge in [0.25, 0.3) is 30.4 Å². The normalized spacial score (nSPS) is 12.6. The summed E-state index contributed by atoms with van der Waals surface area (Å²) in [5.41, 5.74) is -0.576. The number of aromatic nitrogens is 3. The van der Waals surface area contributed by atoms with Crippen molar-refractivity contribution in [3.63, 3.8) is 0 Å². The van der Waals surface area contributed by atoms with Crippen LogP contribution in [-0.4, -0.2) is 111 Å². The number of aromatic hydroxyl groups is 2. The molecule has 3 heterocycles. The minimum Gasteiger partial charge on any atom is -0.505 e. The molecular weight excluding hydrogens is 1230 g/mol. The molecule has 39 heteroatoms. The van der Waals surface area contributed by atoms with Crippen molar-refractivity contribution < 1.29 is 97.7 Å². The second kappa shape index (κ2) is 26.1. The van der Waals surface area contributed by atoms with Crippen LogP contribution in [0.1, 0.15) is 24.0 Å². The molecule has 8 N–H and O–H groups in total. The molecule has 0 aliphatic rings. The fourth-order valence-corrected chi connectivity index (χ4v) is 12.4. The number of para-hydroxylation sites is 2. The van der Waals surface area contributed by atoms with Gasteiger partial charge >= 0.3 is 0 Å². The number of hydrogen-bond donors (Lipinski definition) is 8. The number of ether oxygens (including phenoxy) is 1. The number of nitrogens with zero attached hydrogens (tertiary/aromatic N) is 11. The molecule has 3 aromatic heterocycles. The van der Waals surface area contributed by atoms with E-state index in [-0.39, 0.29) is 120 Å². The fourth-order valence-electron chi connectivity index (χ4n) is 8.06. The van der Waals surface area contributed by atoms with Crippen molar-refractivity contribution in [1.29, 1.82) is 5.26 Å². The van der Waals surface area contributed by atoms with Gasteiger partial charge in [-0.05, 0) is 68.3 Å². The molecule has 0 radical (unpaired) electrons. The third kappa shape index (κ3) is 13.8. The average molecular weight is 1270 g/mol. The molecular formula is C43H37N11O21S7. The Morgan fingerprint density at radius 1 is 0.756 bits per heavy atom. The number of rotatable bonds is 26. The van der Waals surface area contributed by atoms with E-state index in [1.807, 2.05) is 6.07 Å². The van der Waals surface area contributed by atoms with E-state index in [4.69, 9.17) is 15.3 Å². The van der Waals surface area contributed by atoms with Crippen LogP contribution < -0.4 is 9.64 Å². The molecule has 0 saturated carbocycles. The Bertz CT molecular complexity index is 4260. The summed E-state index contributed by atoms with van der Waals surface area (Å²) >= 11 is 2.08. The van der Waals surface area contributed by atoms with Gasteiger partial charge in [0.15, 0.2) is 17.1 Å². The number of methoxy groups -OCH3 is 1. The van der Waals surface area contributed by atoms with Gasteiger partial charge in [-0.2, -0.15) is 30.5 Å². The maximum atomic E-state index is 13.3. The zero-order valence-corrected chi connectivity index (χ0v) is 47.0. The molecule has 82 heavy (non-hydrogen) atoms. The fraction of sp³-hybridized carbons (Fsp3) is 0.186. The smallest absolute Gasteiger partial charge is 0.297 e. The van der Waals surface area contributed by atoms with Gasteiger partial charge in [-0.15, -0.1) is 43.7 Å². The van der Waals surface area contributed by atoms with E-state index in [0.29, 0.717) is 35.1 Å². The summed E-state index contributed by atoms with van der Waals surface area (Å²) in [5, 5.41) is 95.6. The Kier molecular flexibility index (Phi) is 19.5. The van der Waals surface area contributed by atoms with Crippen LogP contribution in [0, 0.1) is 18.3 Å². The number of anilines is 1. The number of thiazole rings is 1. The van der Waals surface area contributed by atoms with Crippen LogP contribution in [0.3, 0.4) is 0 Å². The predicted octanol–water partition coefficient (Wildman–Crippen LogP) is 11.0. The number of pyridine rings is 1. The van der Waals surface area contributed by atoms with E-state index in [0.717, 1.165) is 29.5 Å². The van der Waals surface area contributed by atoms with Crippen molar-refractivity contribution in [2.24, 2.45) is 30.7 Å². The lowest BCUT2D eigenvalue weighted by Gasteiger charge is -2.26. The van der Waals surface area contributed by atoms with E-state index in [1.54, 1.807) is 29.2 Å². The van der Waals surface area contributed by atoms with Crippen molar-refractivity contribution >= 4 is 155 Å². The molecule has 0 saturated heterocycles. The van der Waals surface area contributed by atoms with Crippen LogP contribution in [0.15, 0.2) is 117 Å². The number of fused-ring (bicyclic) bond motifs is 5. The maximum Gasteiger partial charge on any atom is 0.297 e. The van der Waals surface area contributed by atoms with Gasteiger partial charge in [-0.25, -0.2) is 25.7 Å². The second-order valence-corrected chi connectivity index (χ2v) is 24.0. The van der Waals surface area contributed by atoms with Gasteiger partial charge in [-0.1, -0.05) is 38.6 Å².